The summed E-state index contributed by atoms with van der Waals surface area (Å²) in [4.78, 5) is 11.4. The smallest absolute Gasteiger partial charge is 0.407 e. The van der Waals surface area contributed by atoms with Crippen LogP contribution >= 0.6 is 0 Å². The number of rotatable bonds is 6. The molecule has 1 amide bonds. The van der Waals surface area contributed by atoms with Gasteiger partial charge in [0.25, 0.3) is 0 Å². The van der Waals surface area contributed by atoms with Crippen molar-refractivity contribution in [3.63, 3.8) is 0 Å². The Hall–Kier alpha value is -1.63. The minimum Gasteiger partial charge on any atom is -0.444 e. The fourth-order valence-corrected chi connectivity index (χ4v) is 1.40. The quantitative estimate of drug-likeness (QED) is 0.797. The Morgan fingerprint density at radius 3 is 2.79 bits per heavy atom. The number of amides is 1. The van der Waals surface area contributed by atoms with Crippen molar-refractivity contribution in [1.29, 1.82) is 0 Å². The molecule has 2 N–H and O–H groups in total. The highest BCUT2D eigenvalue weighted by Crippen LogP contribution is 2.06. The van der Waals surface area contributed by atoms with Gasteiger partial charge in [0.1, 0.15) is 5.60 Å². The van der Waals surface area contributed by atoms with E-state index in [0.29, 0.717) is 6.54 Å². The average molecular weight is 269 g/mol. The molecule has 1 unspecified atom stereocenters. The summed E-state index contributed by atoms with van der Waals surface area (Å²) >= 11 is 0. The first kappa shape index (κ1) is 15.4. The number of nitrogens with zero attached hydrogens (tertiary/aromatic N) is 3. The summed E-state index contributed by atoms with van der Waals surface area (Å²) < 4.78 is 6.90. The van der Waals surface area contributed by atoms with Crippen LogP contribution in [0.15, 0.2) is 12.4 Å². The topological polar surface area (TPSA) is 81.1 Å². The van der Waals surface area contributed by atoms with Gasteiger partial charge in [-0.1, -0.05) is 5.21 Å². The standard InChI is InChI=1S/C12H23N5O2/c1-10(9-14-11(18)19-12(2,3)4)13-5-7-17-8-6-15-16-17/h6,8,10,13H,5,7,9H2,1-4H3,(H,14,18). The lowest BCUT2D eigenvalue weighted by molar-refractivity contribution is 0.0523. The molecule has 1 atom stereocenters. The van der Waals surface area contributed by atoms with Crippen molar-refractivity contribution in [2.45, 2.75) is 45.9 Å². The molecule has 108 valence electrons. The minimum absolute atomic E-state index is 0.163. The zero-order valence-corrected chi connectivity index (χ0v) is 12.0. The molecular formula is C12H23N5O2. The predicted molar refractivity (Wildman–Crippen MR) is 71.7 cm³/mol. The average Bonchev–Trinajstić information content (AvgIpc) is 2.77. The number of alkyl carbamates (subject to hydrolysis) is 1. The normalized spacial score (nSPS) is 13.1. The molecule has 1 aromatic heterocycles. The van der Waals surface area contributed by atoms with E-state index >= 15 is 0 Å². The van der Waals surface area contributed by atoms with E-state index in [4.69, 9.17) is 4.74 Å². The van der Waals surface area contributed by atoms with Gasteiger partial charge in [0.2, 0.25) is 0 Å². The summed E-state index contributed by atoms with van der Waals surface area (Å²) in [6, 6.07) is 0.163. The molecule has 0 spiro atoms. The second-order valence-electron chi connectivity index (χ2n) is 5.40. The summed E-state index contributed by atoms with van der Waals surface area (Å²) in [5.74, 6) is 0. The molecule has 19 heavy (non-hydrogen) atoms. The van der Waals surface area contributed by atoms with Gasteiger partial charge in [-0.05, 0) is 27.7 Å². The molecule has 0 aliphatic heterocycles. The molecule has 1 rings (SSSR count). The maximum absolute atomic E-state index is 11.4. The van der Waals surface area contributed by atoms with E-state index in [1.165, 1.54) is 0 Å². The van der Waals surface area contributed by atoms with E-state index in [1.807, 2.05) is 33.9 Å². The van der Waals surface area contributed by atoms with Crippen molar-refractivity contribution < 1.29 is 9.53 Å². The Morgan fingerprint density at radius 2 is 2.21 bits per heavy atom. The van der Waals surface area contributed by atoms with Crippen LogP contribution in [0.1, 0.15) is 27.7 Å². The molecule has 0 saturated carbocycles. The molecule has 7 nitrogen and oxygen atoms in total. The van der Waals surface area contributed by atoms with Crippen LogP contribution in [0.5, 0.6) is 0 Å². The summed E-state index contributed by atoms with van der Waals surface area (Å²) in [7, 11) is 0. The van der Waals surface area contributed by atoms with Crippen LogP contribution in [0.2, 0.25) is 0 Å². The highest BCUT2D eigenvalue weighted by Gasteiger charge is 2.16. The second kappa shape index (κ2) is 7.08. The van der Waals surface area contributed by atoms with Gasteiger partial charge in [0, 0.05) is 25.3 Å². The van der Waals surface area contributed by atoms with E-state index in [1.54, 1.807) is 10.9 Å². The Morgan fingerprint density at radius 1 is 1.47 bits per heavy atom. The van der Waals surface area contributed by atoms with Gasteiger partial charge in [0.15, 0.2) is 0 Å². The summed E-state index contributed by atoms with van der Waals surface area (Å²) in [6.45, 7) is 9.55. The van der Waals surface area contributed by atoms with Gasteiger partial charge >= 0.3 is 6.09 Å². The van der Waals surface area contributed by atoms with E-state index in [0.717, 1.165) is 13.1 Å². The van der Waals surface area contributed by atoms with E-state index < -0.39 is 11.7 Å². The third-order valence-corrected chi connectivity index (χ3v) is 2.26. The molecule has 0 aliphatic rings. The number of nitrogens with one attached hydrogen (secondary N) is 2. The fraction of sp³-hybridized carbons (Fsp3) is 0.750. The molecule has 0 aliphatic carbocycles. The highest BCUT2D eigenvalue weighted by molar-refractivity contribution is 5.67. The Labute approximate surface area is 113 Å². The molecular weight excluding hydrogens is 246 g/mol. The van der Waals surface area contributed by atoms with Crippen molar-refractivity contribution in [2.75, 3.05) is 13.1 Å². The van der Waals surface area contributed by atoms with Crippen LogP contribution in [0.3, 0.4) is 0 Å². The van der Waals surface area contributed by atoms with Crippen molar-refractivity contribution in [2.24, 2.45) is 0 Å². The fourth-order valence-electron chi connectivity index (χ4n) is 1.40. The van der Waals surface area contributed by atoms with E-state index in [2.05, 4.69) is 20.9 Å². The molecule has 0 bridgehead atoms. The van der Waals surface area contributed by atoms with Crippen molar-refractivity contribution in [3.05, 3.63) is 12.4 Å². The molecule has 0 radical (unpaired) electrons. The molecule has 0 fully saturated rings. The first-order chi connectivity index (χ1) is 8.87. The molecule has 7 heteroatoms. The van der Waals surface area contributed by atoms with Crippen LogP contribution in [0, 0.1) is 0 Å². The largest absolute Gasteiger partial charge is 0.444 e. The number of carbonyl (C=O) groups is 1. The Kier molecular flexibility index (Phi) is 5.75. The third-order valence-electron chi connectivity index (χ3n) is 2.26. The SMILES string of the molecule is CC(CNC(=O)OC(C)(C)C)NCCn1ccnn1. The zero-order valence-electron chi connectivity index (χ0n) is 12.0. The van der Waals surface area contributed by atoms with Gasteiger partial charge < -0.3 is 15.4 Å². The third kappa shape index (κ3) is 7.40. The van der Waals surface area contributed by atoms with Crippen LogP contribution in [-0.4, -0.2) is 45.8 Å². The van der Waals surface area contributed by atoms with Crippen molar-refractivity contribution in [3.8, 4) is 0 Å². The van der Waals surface area contributed by atoms with E-state index in [-0.39, 0.29) is 6.04 Å². The number of hydrogen-bond donors (Lipinski definition) is 2. The second-order valence-corrected chi connectivity index (χ2v) is 5.40. The lowest BCUT2D eigenvalue weighted by Gasteiger charge is -2.21. The first-order valence-corrected chi connectivity index (χ1v) is 6.41. The number of hydrogen-bond acceptors (Lipinski definition) is 5. The van der Waals surface area contributed by atoms with E-state index in [9.17, 15) is 4.79 Å². The number of aromatic nitrogens is 3. The van der Waals surface area contributed by atoms with Gasteiger partial charge in [-0.25, -0.2) is 4.79 Å². The lowest BCUT2D eigenvalue weighted by Crippen LogP contribution is -2.42. The summed E-state index contributed by atoms with van der Waals surface area (Å²) in [5, 5.41) is 13.6. The van der Waals surface area contributed by atoms with Crippen LogP contribution in [0.4, 0.5) is 4.79 Å². The molecule has 0 aromatic carbocycles. The maximum Gasteiger partial charge on any atom is 0.407 e. The highest BCUT2D eigenvalue weighted by atomic mass is 16.6. The monoisotopic (exact) mass is 269 g/mol. The molecule has 1 heterocycles. The number of ether oxygens (including phenoxy) is 1. The minimum atomic E-state index is -0.464. The Bertz CT molecular complexity index is 372. The summed E-state index contributed by atoms with van der Waals surface area (Å²) in [6.07, 6.45) is 3.07. The van der Waals surface area contributed by atoms with Crippen LogP contribution in [0.25, 0.3) is 0 Å². The maximum atomic E-state index is 11.4. The van der Waals surface area contributed by atoms with Gasteiger partial charge in [0.05, 0.1) is 12.7 Å². The van der Waals surface area contributed by atoms with Crippen LogP contribution in [-0.2, 0) is 11.3 Å². The van der Waals surface area contributed by atoms with Crippen molar-refractivity contribution in [1.82, 2.24) is 25.6 Å². The van der Waals surface area contributed by atoms with Gasteiger partial charge in [-0.15, -0.1) is 5.10 Å². The first-order valence-electron chi connectivity index (χ1n) is 6.41. The predicted octanol–water partition coefficient (Wildman–Crippen LogP) is 0.781. The van der Waals surface area contributed by atoms with Gasteiger partial charge in [-0.2, -0.15) is 0 Å². The lowest BCUT2D eigenvalue weighted by atomic mass is 10.2. The molecule has 1 aromatic rings. The van der Waals surface area contributed by atoms with Gasteiger partial charge in [-0.3, -0.25) is 4.68 Å². The molecule has 0 saturated heterocycles. The van der Waals surface area contributed by atoms with Crippen molar-refractivity contribution >= 4 is 6.09 Å². The Balaban J connectivity index is 2.10. The summed E-state index contributed by atoms with van der Waals surface area (Å²) in [5.41, 5.74) is -0.464. The van der Waals surface area contributed by atoms with Crippen LogP contribution < -0.4 is 10.6 Å². The zero-order chi connectivity index (χ0) is 14.3. The number of carbonyl (C=O) groups excluding carboxylic acids is 1.